The summed E-state index contributed by atoms with van der Waals surface area (Å²) in [7, 11) is 0. The van der Waals surface area contributed by atoms with Gasteiger partial charge in [-0.2, -0.15) is 13.2 Å². The van der Waals surface area contributed by atoms with Gasteiger partial charge in [0.05, 0.1) is 48.2 Å². The number of nitrogens with zero attached hydrogens (tertiary/aromatic N) is 3. The number of carbonyl (C=O) groups is 4. The fourth-order valence-corrected chi connectivity index (χ4v) is 4.99. The highest BCUT2D eigenvalue weighted by molar-refractivity contribution is 6.02. The van der Waals surface area contributed by atoms with Gasteiger partial charge in [0.2, 0.25) is 5.91 Å². The molecule has 0 aliphatic carbocycles. The molecule has 3 aromatic rings. The summed E-state index contributed by atoms with van der Waals surface area (Å²) in [6, 6.07) is 4.33. The molecule has 1 aromatic heterocycles. The first-order valence-corrected chi connectivity index (χ1v) is 14.9. The van der Waals surface area contributed by atoms with Crippen molar-refractivity contribution in [3.8, 4) is 11.4 Å². The normalized spacial score (nSPS) is 21.6. The molecule has 1 fully saturated rings. The van der Waals surface area contributed by atoms with Gasteiger partial charge in [-0.15, -0.1) is 5.10 Å². The van der Waals surface area contributed by atoms with Crippen LogP contribution in [0.3, 0.4) is 0 Å². The van der Waals surface area contributed by atoms with Gasteiger partial charge in [0.25, 0.3) is 12.3 Å². The van der Waals surface area contributed by atoms with Crippen molar-refractivity contribution < 1.29 is 80.9 Å². The van der Waals surface area contributed by atoms with Gasteiger partial charge < -0.3 is 45.1 Å². The quantitative estimate of drug-likeness (QED) is 0.127. The number of imide groups is 1. The van der Waals surface area contributed by atoms with E-state index in [4.69, 9.17) is 14.2 Å². The Bertz CT molecular complexity index is 1780. The number of rotatable bonds is 12. The summed E-state index contributed by atoms with van der Waals surface area (Å²) in [4.78, 5) is 48.5. The Kier molecular flexibility index (Phi) is 12.1. The molecule has 52 heavy (non-hydrogen) atoms. The lowest BCUT2D eigenvalue weighted by atomic mass is 9.88. The van der Waals surface area contributed by atoms with Crippen LogP contribution in [0.2, 0.25) is 0 Å². The van der Waals surface area contributed by atoms with Crippen LogP contribution in [-0.4, -0.2) is 107 Å². The van der Waals surface area contributed by atoms with Gasteiger partial charge in [0.1, 0.15) is 36.4 Å². The zero-order valence-corrected chi connectivity index (χ0v) is 26.5. The van der Waals surface area contributed by atoms with Gasteiger partial charge in [-0.1, -0.05) is 5.21 Å². The molecule has 1 aliphatic heterocycles. The van der Waals surface area contributed by atoms with E-state index in [9.17, 15) is 66.7 Å². The van der Waals surface area contributed by atoms with Gasteiger partial charge in [0, 0.05) is 12.5 Å². The number of nitrogens with one attached hydrogen (secondary N) is 2. The molecule has 2 heterocycles. The van der Waals surface area contributed by atoms with E-state index in [1.165, 1.54) is 0 Å². The molecule has 17 nitrogen and oxygen atoms in total. The highest BCUT2D eigenvalue weighted by atomic mass is 19.4. The van der Waals surface area contributed by atoms with Crippen molar-refractivity contribution in [1.82, 2.24) is 25.6 Å². The van der Waals surface area contributed by atoms with Crippen molar-refractivity contribution in [1.29, 1.82) is 0 Å². The highest BCUT2D eigenvalue weighted by Gasteiger charge is 2.57. The molecular formula is C30H30F5N5O12. The number of ether oxygens (including phenoxy) is 3. The third kappa shape index (κ3) is 9.13. The number of halogens is 5. The molecule has 0 saturated carbocycles. The Balaban J connectivity index is 1.49. The maximum atomic E-state index is 14.3. The summed E-state index contributed by atoms with van der Waals surface area (Å²) >= 11 is 0. The molecule has 22 heteroatoms. The molecule has 0 bridgehead atoms. The number of aliphatic hydroxyl groups is 4. The van der Waals surface area contributed by atoms with Crippen LogP contribution in [0.1, 0.15) is 46.9 Å². The number of aromatic nitrogens is 3. The Labute approximate surface area is 288 Å². The lowest BCUT2D eigenvalue weighted by molar-refractivity contribution is -0.284. The maximum absolute atomic E-state index is 14.3. The number of carboxylic acids is 1. The van der Waals surface area contributed by atoms with Crippen molar-refractivity contribution in [2.24, 2.45) is 0 Å². The average Bonchev–Trinajstić information content (AvgIpc) is 3.56. The Morgan fingerprint density at radius 2 is 1.79 bits per heavy atom. The summed E-state index contributed by atoms with van der Waals surface area (Å²) in [5.74, 6) is -7.49. The number of alkyl halides is 5. The predicted octanol–water partition coefficient (Wildman–Crippen LogP) is 0.819. The lowest BCUT2D eigenvalue weighted by Gasteiger charge is -2.46. The van der Waals surface area contributed by atoms with Crippen LogP contribution >= 0.6 is 0 Å². The summed E-state index contributed by atoms with van der Waals surface area (Å²) in [5.41, 5.74) is -2.35. The minimum absolute atomic E-state index is 0.0612. The molecule has 282 valence electrons. The van der Waals surface area contributed by atoms with Gasteiger partial charge >= 0.3 is 24.0 Å². The number of carboxylic acid groups (broad SMARTS) is 1. The number of benzene rings is 2. The molecule has 0 radical (unpaired) electrons. The van der Waals surface area contributed by atoms with Crippen LogP contribution < -0.4 is 15.4 Å². The second-order valence-corrected chi connectivity index (χ2v) is 11.3. The van der Waals surface area contributed by atoms with E-state index >= 15 is 0 Å². The molecule has 0 spiro atoms. The van der Waals surface area contributed by atoms with Crippen LogP contribution in [0.4, 0.5) is 26.7 Å². The van der Waals surface area contributed by atoms with Gasteiger partial charge in [-0.3, -0.25) is 14.9 Å². The second-order valence-electron chi connectivity index (χ2n) is 11.3. The van der Waals surface area contributed by atoms with Crippen molar-refractivity contribution in [2.75, 3.05) is 6.61 Å². The SMILES string of the molecule is CC(=O)N[C@H]1[C@H]([C@H](O)[C@H](O)CO)O[C@@](Oc2ccc(-n3cc(COC(=O)NC(=O)c4ccc(C(F)(F)F)cc4)nn3)cc2C(F)F)(C(=O)O)C[C@@H]1O. The highest BCUT2D eigenvalue weighted by Crippen LogP contribution is 2.39. The minimum atomic E-state index is -4.64. The van der Waals surface area contributed by atoms with E-state index < -0.39 is 109 Å². The minimum Gasteiger partial charge on any atom is -0.476 e. The Hall–Kier alpha value is -5.29. The smallest absolute Gasteiger partial charge is 0.416 e. The van der Waals surface area contributed by atoms with Gasteiger partial charge in [-0.25, -0.2) is 23.1 Å². The monoisotopic (exact) mass is 747 g/mol. The van der Waals surface area contributed by atoms with Gasteiger partial charge in [-0.05, 0) is 42.5 Å². The first-order valence-electron chi connectivity index (χ1n) is 14.9. The van der Waals surface area contributed by atoms with Crippen molar-refractivity contribution in [3.63, 3.8) is 0 Å². The number of hydrogen-bond acceptors (Lipinski definition) is 13. The van der Waals surface area contributed by atoms with E-state index in [0.717, 1.165) is 48.1 Å². The van der Waals surface area contributed by atoms with Gasteiger partial charge in [0.15, 0.2) is 0 Å². The van der Waals surface area contributed by atoms with Crippen LogP contribution in [0, 0.1) is 0 Å². The molecule has 6 atom stereocenters. The van der Waals surface area contributed by atoms with E-state index in [2.05, 4.69) is 15.6 Å². The third-order valence-corrected chi connectivity index (χ3v) is 7.54. The van der Waals surface area contributed by atoms with Crippen molar-refractivity contribution in [3.05, 3.63) is 71.0 Å². The molecule has 0 unspecified atom stereocenters. The third-order valence-electron chi connectivity index (χ3n) is 7.54. The fraction of sp³-hybridized carbons (Fsp3) is 0.400. The molecular weight excluding hydrogens is 717 g/mol. The Morgan fingerprint density at radius 3 is 2.37 bits per heavy atom. The molecule has 3 amide bonds. The molecule has 7 N–H and O–H groups in total. The number of aliphatic hydroxyl groups excluding tert-OH is 4. The average molecular weight is 748 g/mol. The fourth-order valence-electron chi connectivity index (χ4n) is 4.99. The second kappa shape index (κ2) is 15.9. The topological polar surface area (TPSA) is 252 Å². The molecule has 1 saturated heterocycles. The van der Waals surface area contributed by atoms with E-state index in [1.54, 1.807) is 0 Å². The number of carbonyl (C=O) groups excluding carboxylic acids is 3. The van der Waals surface area contributed by atoms with Crippen LogP contribution in [-0.2, 0) is 31.8 Å². The van der Waals surface area contributed by atoms with E-state index in [1.807, 2.05) is 5.32 Å². The lowest BCUT2D eigenvalue weighted by Crippen LogP contribution is -2.68. The zero-order valence-electron chi connectivity index (χ0n) is 26.5. The van der Waals surface area contributed by atoms with Crippen LogP contribution in [0.15, 0.2) is 48.7 Å². The number of amides is 3. The summed E-state index contributed by atoms with van der Waals surface area (Å²) in [6.45, 7) is -0.616. The summed E-state index contributed by atoms with van der Waals surface area (Å²) < 4.78 is 83.5. The van der Waals surface area contributed by atoms with Crippen LogP contribution in [0.25, 0.3) is 5.69 Å². The molecule has 1 aliphatic rings. The predicted molar refractivity (Wildman–Crippen MR) is 159 cm³/mol. The van der Waals surface area contributed by atoms with E-state index in [-0.39, 0.29) is 16.9 Å². The number of alkyl carbamates (subject to hydrolysis) is 1. The summed E-state index contributed by atoms with van der Waals surface area (Å²) in [5, 5.41) is 62.2. The summed E-state index contributed by atoms with van der Waals surface area (Å²) in [6.07, 6.45) is -16.9. The number of aliphatic carboxylic acids is 1. The number of hydrogen-bond donors (Lipinski definition) is 7. The van der Waals surface area contributed by atoms with Crippen molar-refractivity contribution in [2.45, 2.75) is 68.8 Å². The first-order chi connectivity index (χ1) is 24.3. The zero-order chi connectivity index (χ0) is 38.5. The van der Waals surface area contributed by atoms with Crippen LogP contribution in [0.5, 0.6) is 5.75 Å². The molecule has 4 rings (SSSR count). The first kappa shape index (κ1) is 39.5. The maximum Gasteiger partial charge on any atom is 0.416 e. The standard InChI is InChI=1S/C30H30F5N5O12/c1-13(42)36-22-19(43)9-29(27(47)48,52-24(22)23(45)20(44)11-41)51-21-7-6-17(8-18(21)25(31)32)40-10-16(38-39-40)12-50-28(49)37-26(46)14-2-4-15(5-3-14)30(33,34)35/h2-8,10,19-20,22-25,41,43-45H,9,11-12H2,1H3,(H,36,42)(H,47,48)(H,37,46,49)/t19-,20+,22+,23+,24+,29+/m0/s1. The molecule has 2 aromatic carbocycles. The Morgan fingerprint density at radius 1 is 1.12 bits per heavy atom. The van der Waals surface area contributed by atoms with Crippen molar-refractivity contribution >= 4 is 23.9 Å². The largest absolute Gasteiger partial charge is 0.476 e. The van der Waals surface area contributed by atoms with E-state index in [0.29, 0.717) is 12.1 Å².